The Kier molecular flexibility index (Phi) is 5.92. The standard InChI is InChI=1S/C13H27N3O/c1-4-6-15-12(13(14)17)5-7-16-9-10(2)8-11(16)3/h10-12,15H,4-9H2,1-3H3,(H2,14,17). The van der Waals surface area contributed by atoms with Gasteiger partial charge in [0.2, 0.25) is 5.91 Å². The number of primary amides is 1. The molecule has 0 radical (unpaired) electrons. The SMILES string of the molecule is CCCNC(CCN1CC(C)CC1C)C(N)=O. The zero-order valence-electron chi connectivity index (χ0n) is 11.4. The van der Waals surface area contributed by atoms with Gasteiger partial charge in [0.1, 0.15) is 0 Å². The van der Waals surface area contributed by atoms with Gasteiger partial charge in [0.05, 0.1) is 6.04 Å². The average Bonchev–Trinajstić information content (AvgIpc) is 2.57. The Morgan fingerprint density at radius 1 is 1.53 bits per heavy atom. The minimum absolute atomic E-state index is 0.168. The van der Waals surface area contributed by atoms with Gasteiger partial charge in [-0.3, -0.25) is 4.79 Å². The maximum atomic E-state index is 11.3. The largest absolute Gasteiger partial charge is 0.368 e. The fourth-order valence-corrected chi connectivity index (χ4v) is 2.66. The van der Waals surface area contributed by atoms with E-state index in [4.69, 9.17) is 5.73 Å². The second kappa shape index (κ2) is 6.97. The summed E-state index contributed by atoms with van der Waals surface area (Å²) in [6, 6.07) is 0.475. The zero-order chi connectivity index (χ0) is 12.8. The van der Waals surface area contributed by atoms with E-state index >= 15 is 0 Å². The van der Waals surface area contributed by atoms with Crippen molar-refractivity contribution in [2.75, 3.05) is 19.6 Å². The number of nitrogens with zero attached hydrogens (tertiary/aromatic N) is 1. The first-order valence-electron chi connectivity index (χ1n) is 6.81. The molecular weight excluding hydrogens is 214 g/mol. The summed E-state index contributed by atoms with van der Waals surface area (Å²) in [5.41, 5.74) is 5.40. The summed E-state index contributed by atoms with van der Waals surface area (Å²) in [6.07, 6.45) is 3.12. The molecule has 3 atom stereocenters. The minimum Gasteiger partial charge on any atom is -0.368 e. The molecular formula is C13H27N3O. The van der Waals surface area contributed by atoms with Crippen LogP contribution >= 0.6 is 0 Å². The lowest BCUT2D eigenvalue weighted by Gasteiger charge is -2.23. The molecule has 1 fully saturated rings. The van der Waals surface area contributed by atoms with Gasteiger partial charge < -0.3 is 16.0 Å². The first kappa shape index (κ1) is 14.5. The third-order valence-corrected chi connectivity index (χ3v) is 3.60. The number of nitrogens with two attached hydrogens (primary N) is 1. The van der Waals surface area contributed by atoms with Gasteiger partial charge in [0, 0.05) is 19.1 Å². The molecule has 0 aromatic carbocycles. The molecule has 1 rings (SSSR count). The molecule has 0 aromatic heterocycles. The Bertz CT molecular complexity index is 245. The number of amides is 1. The van der Waals surface area contributed by atoms with E-state index in [2.05, 4.69) is 31.0 Å². The highest BCUT2D eigenvalue weighted by molar-refractivity contribution is 5.79. The van der Waals surface area contributed by atoms with E-state index in [9.17, 15) is 4.79 Å². The number of carbonyl (C=O) groups excluding carboxylic acids is 1. The topological polar surface area (TPSA) is 58.4 Å². The van der Waals surface area contributed by atoms with Crippen LogP contribution in [-0.4, -0.2) is 42.5 Å². The zero-order valence-corrected chi connectivity index (χ0v) is 11.4. The summed E-state index contributed by atoms with van der Waals surface area (Å²) >= 11 is 0. The lowest BCUT2D eigenvalue weighted by Crippen LogP contribution is -2.44. The number of rotatable bonds is 7. The third-order valence-electron chi connectivity index (χ3n) is 3.60. The molecule has 1 aliphatic heterocycles. The normalized spacial score (nSPS) is 27.2. The molecule has 3 N–H and O–H groups in total. The summed E-state index contributed by atoms with van der Waals surface area (Å²) in [5, 5.41) is 3.22. The van der Waals surface area contributed by atoms with Crippen molar-refractivity contribution in [2.24, 2.45) is 11.7 Å². The molecule has 4 nitrogen and oxygen atoms in total. The van der Waals surface area contributed by atoms with E-state index in [1.807, 2.05) is 0 Å². The molecule has 0 saturated carbocycles. The molecule has 3 unspecified atom stereocenters. The van der Waals surface area contributed by atoms with Crippen molar-refractivity contribution < 1.29 is 4.79 Å². The molecule has 100 valence electrons. The van der Waals surface area contributed by atoms with Gasteiger partial charge in [-0.15, -0.1) is 0 Å². The Morgan fingerprint density at radius 3 is 2.71 bits per heavy atom. The van der Waals surface area contributed by atoms with Gasteiger partial charge in [0.25, 0.3) is 0 Å². The maximum absolute atomic E-state index is 11.3. The second-order valence-electron chi connectivity index (χ2n) is 5.38. The lowest BCUT2D eigenvalue weighted by atomic mass is 10.1. The third kappa shape index (κ3) is 4.64. The van der Waals surface area contributed by atoms with Crippen LogP contribution in [0.4, 0.5) is 0 Å². The molecule has 1 heterocycles. The Balaban J connectivity index is 2.33. The quantitative estimate of drug-likeness (QED) is 0.698. The molecule has 0 spiro atoms. The van der Waals surface area contributed by atoms with Crippen LogP contribution in [0.5, 0.6) is 0 Å². The van der Waals surface area contributed by atoms with Crippen LogP contribution < -0.4 is 11.1 Å². The summed E-state index contributed by atoms with van der Waals surface area (Å²) in [6.45, 7) is 9.63. The predicted octanol–water partition coefficient (Wildman–Crippen LogP) is 0.960. The van der Waals surface area contributed by atoms with Gasteiger partial charge in [-0.1, -0.05) is 13.8 Å². The van der Waals surface area contributed by atoms with Crippen molar-refractivity contribution >= 4 is 5.91 Å². The van der Waals surface area contributed by atoms with Crippen molar-refractivity contribution in [1.82, 2.24) is 10.2 Å². The van der Waals surface area contributed by atoms with E-state index in [-0.39, 0.29) is 11.9 Å². The second-order valence-corrected chi connectivity index (χ2v) is 5.38. The van der Waals surface area contributed by atoms with Crippen LogP contribution in [0.25, 0.3) is 0 Å². The maximum Gasteiger partial charge on any atom is 0.234 e. The molecule has 0 aromatic rings. The highest BCUT2D eigenvalue weighted by Gasteiger charge is 2.26. The summed E-state index contributed by atoms with van der Waals surface area (Å²) < 4.78 is 0. The molecule has 1 saturated heterocycles. The van der Waals surface area contributed by atoms with E-state index < -0.39 is 0 Å². The Hall–Kier alpha value is -0.610. The molecule has 17 heavy (non-hydrogen) atoms. The number of hydrogen-bond acceptors (Lipinski definition) is 3. The van der Waals surface area contributed by atoms with Crippen molar-refractivity contribution in [3.8, 4) is 0 Å². The fraction of sp³-hybridized carbons (Fsp3) is 0.923. The molecule has 1 aliphatic rings. The van der Waals surface area contributed by atoms with Crippen LogP contribution in [0, 0.1) is 5.92 Å². The number of likely N-dealkylation sites (tertiary alicyclic amines) is 1. The molecule has 0 bridgehead atoms. The van der Waals surface area contributed by atoms with Gasteiger partial charge in [-0.2, -0.15) is 0 Å². The van der Waals surface area contributed by atoms with Crippen LogP contribution in [0.2, 0.25) is 0 Å². The van der Waals surface area contributed by atoms with E-state index in [1.54, 1.807) is 0 Å². The average molecular weight is 241 g/mol. The number of carbonyl (C=O) groups is 1. The first-order chi connectivity index (χ1) is 8.04. The van der Waals surface area contributed by atoms with Gasteiger partial charge in [0.15, 0.2) is 0 Å². The van der Waals surface area contributed by atoms with Crippen molar-refractivity contribution in [2.45, 2.75) is 52.1 Å². The van der Waals surface area contributed by atoms with Gasteiger partial charge in [-0.05, 0) is 38.6 Å². The lowest BCUT2D eigenvalue weighted by molar-refractivity contribution is -0.120. The molecule has 0 aliphatic carbocycles. The van der Waals surface area contributed by atoms with Crippen LogP contribution in [0.15, 0.2) is 0 Å². The molecule has 4 heteroatoms. The molecule has 1 amide bonds. The van der Waals surface area contributed by atoms with Crippen LogP contribution in [0.1, 0.15) is 40.0 Å². The van der Waals surface area contributed by atoms with Crippen LogP contribution in [0.3, 0.4) is 0 Å². The summed E-state index contributed by atoms with van der Waals surface area (Å²) in [4.78, 5) is 13.8. The Labute approximate surface area is 105 Å². The van der Waals surface area contributed by atoms with Gasteiger partial charge in [-0.25, -0.2) is 0 Å². The highest BCUT2D eigenvalue weighted by Crippen LogP contribution is 2.22. The number of hydrogen-bond donors (Lipinski definition) is 2. The van der Waals surface area contributed by atoms with E-state index in [0.717, 1.165) is 38.4 Å². The monoisotopic (exact) mass is 241 g/mol. The fourth-order valence-electron chi connectivity index (χ4n) is 2.66. The van der Waals surface area contributed by atoms with Gasteiger partial charge >= 0.3 is 0 Å². The predicted molar refractivity (Wildman–Crippen MR) is 70.7 cm³/mol. The first-order valence-corrected chi connectivity index (χ1v) is 6.81. The van der Waals surface area contributed by atoms with E-state index in [0.29, 0.717) is 6.04 Å². The van der Waals surface area contributed by atoms with Crippen LogP contribution in [-0.2, 0) is 4.79 Å². The van der Waals surface area contributed by atoms with Crippen molar-refractivity contribution in [3.05, 3.63) is 0 Å². The minimum atomic E-state index is -0.224. The van der Waals surface area contributed by atoms with E-state index in [1.165, 1.54) is 6.42 Å². The summed E-state index contributed by atoms with van der Waals surface area (Å²) in [7, 11) is 0. The highest BCUT2D eigenvalue weighted by atomic mass is 16.1. The summed E-state index contributed by atoms with van der Waals surface area (Å²) in [5.74, 6) is 0.555. The van der Waals surface area contributed by atoms with Crippen molar-refractivity contribution in [3.63, 3.8) is 0 Å². The number of nitrogens with one attached hydrogen (secondary N) is 1. The van der Waals surface area contributed by atoms with Crippen molar-refractivity contribution in [1.29, 1.82) is 0 Å². The smallest absolute Gasteiger partial charge is 0.234 e. The Morgan fingerprint density at radius 2 is 2.24 bits per heavy atom.